The number of nitrogens with one attached hydrogen (secondary N) is 1. The van der Waals surface area contributed by atoms with Crippen LogP contribution in [-0.4, -0.2) is 33.5 Å². The highest BCUT2D eigenvalue weighted by Gasteiger charge is 2.25. The number of hydrogen-bond acceptors (Lipinski definition) is 7. The SMILES string of the molecule is CCCCN(C)c1ncnc(Nc2cccnc2Cl)c1[N+](=O)[O-]. The molecule has 0 saturated heterocycles. The smallest absolute Gasteiger partial charge is 0.353 e. The summed E-state index contributed by atoms with van der Waals surface area (Å²) in [4.78, 5) is 24.7. The van der Waals surface area contributed by atoms with Crippen LogP contribution in [0.2, 0.25) is 5.15 Å². The van der Waals surface area contributed by atoms with Gasteiger partial charge in [-0.15, -0.1) is 0 Å². The molecule has 0 aliphatic carbocycles. The van der Waals surface area contributed by atoms with E-state index in [0.717, 1.165) is 12.8 Å². The Labute approximate surface area is 138 Å². The second-order valence-electron chi connectivity index (χ2n) is 4.89. The van der Waals surface area contributed by atoms with Gasteiger partial charge in [0, 0.05) is 19.8 Å². The first-order valence-corrected chi connectivity index (χ1v) is 7.50. The number of nitro groups is 1. The summed E-state index contributed by atoms with van der Waals surface area (Å²) in [5.74, 6) is 0.346. The van der Waals surface area contributed by atoms with Gasteiger partial charge in [0.2, 0.25) is 11.6 Å². The van der Waals surface area contributed by atoms with E-state index in [9.17, 15) is 10.1 Å². The molecule has 1 N–H and O–H groups in total. The van der Waals surface area contributed by atoms with E-state index in [1.807, 2.05) is 0 Å². The van der Waals surface area contributed by atoms with E-state index in [4.69, 9.17) is 11.6 Å². The minimum absolute atomic E-state index is 0.0817. The highest BCUT2D eigenvalue weighted by molar-refractivity contribution is 6.32. The molecule has 0 bridgehead atoms. The van der Waals surface area contributed by atoms with Crippen LogP contribution in [0, 0.1) is 10.1 Å². The average molecular weight is 337 g/mol. The first kappa shape index (κ1) is 16.9. The van der Waals surface area contributed by atoms with Crippen molar-refractivity contribution in [3.63, 3.8) is 0 Å². The predicted octanol–water partition coefficient (Wildman–Crippen LogP) is 3.41. The van der Waals surface area contributed by atoms with E-state index in [0.29, 0.717) is 12.2 Å². The molecule has 23 heavy (non-hydrogen) atoms. The van der Waals surface area contributed by atoms with Crippen LogP contribution in [-0.2, 0) is 0 Å². The maximum Gasteiger partial charge on any atom is 0.353 e. The van der Waals surface area contributed by atoms with Crippen LogP contribution in [0.1, 0.15) is 19.8 Å². The molecule has 2 rings (SSSR count). The molecular formula is C14H17ClN6O2. The summed E-state index contributed by atoms with van der Waals surface area (Å²) < 4.78 is 0. The molecular weight excluding hydrogens is 320 g/mol. The van der Waals surface area contributed by atoms with Crippen LogP contribution < -0.4 is 10.2 Å². The number of aromatic nitrogens is 3. The van der Waals surface area contributed by atoms with Crippen LogP contribution in [0.4, 0.5) is 23.0 Å². The van der Waals surface area contributed by atoms with Crippen molar-refractivity contribution in [3.05, 3.63) is 39.9 Å². The standard InChI is InChI=1S/C14H17ClN6O2/c1-3-4-8-20(2)14-11(21(22)23)13(17-9-18-14)19-10-6-5-7-16-12(10)15/h5-7,9H,3-4,8H2,1-2H3,(H,17,18,19). The Balaban J connectivity index is 2.40. The zero-order valence-corrected chi connectivity index (χ0v) is 13.6. The van der Waals surface area contributed by atoms with Crippen LogP contribution in [0.5, 0.6) is 0 Å². The first-order valence-electron chi connectivity index (χ1n) is 7.12. The van der Waals surface area contributed by atoms with Crippen LogP contribution in [0.3, 0.4) is 0 Å². The van der Waals surface area contributed by atoms with E-state index in [2.05, 4.69) is 27.2 Å². The Morgan fingerprint density at radius 2 is 2.17 bits per heavy atom. The quantitative estimate of drug-likeness (QED) is 0.470. The number of unbranched alkanes of at least 4 members (excludes halogenated alkanes) is 1. The molecule has 0 saturated carbocycles. The second-order valence-corrected chi connectivity index (χ2v) is 5.25. The normalized spacial score (nSPS) is 10.4. The van der Waals surface area contributed by atoms with Crippen molar-refractivity contribution >= 4 is 34.6 Å². The maximum absolute atomic E-state index is 11.5. The number of rotatable bonds is 7. The summed E-state index contributed by atoms with van der Waals surface area (Å²) in [7, 11) is 1.77. The third-order valence-corrected chi connectivity index (χ3v) is 3.51. The molecule has 0 unspecified atom stereocenters. The largest absolute Gasteiger partial charge is 0.354 e. The maximum atomic E-state index is 11.5. The summed E-state index contributed by atoms with van der Waals surface area (Å²) in [6, 6.07) is 3.34. The highest BCUT2D eigenvalue weighted by Crippen LogP contribution is 2.34. The summed E-state index contributed by atoms with van der Waals surface area (Å²) >= 11 is 5.98. The van der Waals surface area contributed by atoms with Gasteiger partial charge < -0.3 is 10.2 Å². The van der Waals surface area contributed by atoms with Gasteiger partial charge in [0.05, 0.1) is 10.6 Å². The Morgan fingerprint density at radius 1 is 1.39 bits per heavy atom. The van der Waals surface area contributed by atoms with E-state index in [1.165, 1.54) is 12.5 Å². The Bertz CT molecular complexity index is 697. The minimum Gasteiger partial charge on any atom is -0.354 e. The molecule has 0 atom stereocenters. The van der Waals surface area contributed by atoms with Gasteiger partial charge in [-0.2, -0.15) is 0 Å². The van der Waals surface area contributed by atoms with Gasteiger partial charge >= 0.3 is 5.69 Å². The molecule has 0 radical (unpaired) electrons. The molecule has 0 aliphatic rings. The zero-order valence-electron chi connectivity index (χ0n) is 12.9. The number of pyridine rings is 1. The molecule has 0 aliphatic heterocycles. The lowest BCUT2D eigenvalue weighted by Gasteiger charge is -2.18. The van der Waals surface area contributed by atoms with Gasteiger partial charge in [-0.25, -0.2) is 15.0 Å². The van der Waals surface area contributed by atoms with Gasteiger partial charge in [0.1, 0.15) is 6.33 Å². The van der Waals surface area contributed by atoms with Crippen molar-refractivity contribution in [2.45, 2.75) is 19.8 Å². The third kappa shape index (κ3) is 4.04. The summed E-state index contributed by atoms with van der Waals surface area (Å²) in [5, 5.41) is 14.6. The fourth-order valence-electron chi connectivity index (χ4n) is 2.02. The van der Waals surface area contributed by atoms with Gasteiger partial charge in [0.15, 0.2) is 5.15 Å². The molecule has 2 aromatic heterocycles. The number of anilines is 3. The van der Waals surface area contributed by atoms with E-state index in [-0.39, 0.29) is 22.5 Å². The molecule has 8 nitrogen and oxygen atoms in total. The topological polar surface area (TPSA) is 97.1 Å². The first-order chi connectivity index (χ1) is 11.0. The minimum atomic E-state index is -0.496. The molecule has 0 aromatic carbocycles. The van der Waals surface area contributed by atoms with Crippen LogP contribution in [0.15, 0.2) is 24.7 Å². The lowest BCUT2D eigenvalue weighted by Crippen LogP contribution is -2.21. The van der Waals surface area contributed by atoms with E-state index >= 15 is 0 Å². The molecule has 2 aromatic rings. The molecule has 0 fully saturated rings. The number of halogens is 1. The van der Waals surface area contributed by atoms with Crippen LogP contribution >= 0.6 is 11.6 Å². The van der Waals surface area contributed by atoms with Gasteiger partial charge in [-0.3, -0.25) is 10.1 Å². The highest BCUT2D eigenvalue weighted by atomic mass is 35.5. The molecule has 0 amide bonds. The van der Waals surface area contributed by atoms with Crippen molar-refractivity contribution in [1.82, 2.24) is 15.0 Å². The Hall–Kier alpha value is -2.48. The van der Waals surface area contributed by atoms with Gasteiger partial charge in [0.25, 0.3) is 0 Å². The molecule has 0 spiro atoms. The molecule has 2 heterocycles. The summed E-state index contributed by atoms with van der Waals surface area (Å²) in [6.07, 6.45) is 4.72. The van der Waals surface area contributed by atoms with Gasteiger partial charge in [-0.05, 0) is 18.6 Å². The van der Waals surface area contributed by atoms with Crippen molar-refractivity contribution in [1.29, 1.82) is 0 Å². The Kier molecular flexibility index (Phi) is 5.64. The monoisotopic (exact) mass is 336 g/mol. The summed E-state index contributed by atoms with van der Waals surface area (Å²) in [6.45, 7) is 2.72. The lowest BCUT2D eigenvalue weighted by molar-refractivity contribution is -0.383. The predicted molar refractivity (Wildman–Crippen MR) is 89.4 cm³/mol. The number of hydrogen-bond donors (Lipinski definition) is 1. The van der Waals surface area contributed by atoms with Crippen molar-refractivity contribution < 1.29 is 4.92 Å². The van der Waals surface area contributed by atoms with Crippen molar-refractivity contribution in [2.24, 2.45) is 0 Å². The molecule has 122 valence electrons. The molecule has 9 heteroatoms. The summed E-state index contributed by atoms with van der Waals surface area (Å²) in [5.41, 5.74) is 0.254. The van der Waals surface area contributed by atoms with E-state index < -0.39 is 4.92 Å². The number of nitrogens with zero attached hydrogens (tertiary/aromatic N) is 5. The zero-order chi connectivity index (χ0) is 16.8. The third-order valence-electron chi connectivity index (χ3n) is 3.21. The second kappa shape index (κ2) is 7.68. The van der Waals surface area contributed by atoms with Crippen molar-refractivity contribution in [3.8, 4) is 0 Å². The average Bonchev–Trinajstić information content (AvgIpc) is 2.54. The fourth-order valence-corrected chi connectivity index (χ4v) is 2.18. The lowest BCUT2D eigenvalue weighted by atomic mass is 10.3. The Morgan fingerprint density at radius 3 is 2.83 bits per heavy atom. The van der Waals surface area contributed by atoms with Crippen molar-refractivity contribution in [2.75, 3.05) is 23.8 Å². The van der Waals surface area contributed by atoms with Gasteiger partial charge in [-0.1, -0.05) is 24.9 Å². The van der Waals surface area contributed by atoms with E-state index in [1.54, 1.807) is 24.1 Å². The fraction of sp³-hybridized carbons (Fsp3) is 0.357. The van der Waals surface area contributed by atoms with Crippen LogP contribution in [0.25, 0.3) is 0 Å².